The molecule has 0 spiro atoms. The number of halogens is 2. The van der Waals surface area contributed by atoms with Crippen LogP contribution in [0.15, 0.2) is 18.2 Å². The van der Waals surface area contributed by atoms with E-state index < -0.39 is 30.3 Å². The lowest BCUT2D eigenvalue weighted by molar-refractivity contribution is -0.157. The standard InChI is InChI=1S/C17H15Cl2NO5/c18-8-1-2-10(19)11(5-8)20-13(21)6-24-16(22)14-7-3-9-12(4-7)25-17(23)15(9)14/h1-2,5,7,9,12,14-15H,3-4,6H2,(H,20,21)/t7-,9-,12+,14-,15-/m0/s1. The van der Waals surface area contributed by atoms with E-state index in [2.05, 4.69) is 5.32 Å². The van der Waals surface area contributed by atoms with Crippen molar-refractivity contribution in [3.05, 3.63) is 28.2 Å². The first-order valence-electron chi connectivity index (χ1n) is 8.06. The number of carbonyl (C=O) groups excluding carboxylic acids is 3. The predicted molar refractivity (Wildman–Crippen MR) is 89.1 cm³/mol. The third-order valence-corrected chi connectivity index (χ3v) is 5.87. The van der Waals surface area contributed by atoms with Crippen molar-refractivity contribution in [1.82, 2.24) is 0 Å². The Morgan fingerprint density at radius 1 is 1.28 bits per heavy atom. The zero-order chi connectivity index (χ0) is 17.7. The Hall–Kier alpha value is -1.79. The van der Waals surface area contributed by atoms with Crippen LogP contribution in [0.4, 0.5) is 5.69 Å². The van der Waals surface area contributed by atoms with Crippen molar-refractivity contribution in [3.8, 4) is 0 Å². The molecule has 132 valence electrons. The number of fused-ring (bicyclic) bond motifs is 1. The van der Waals surface area contributed by atoms with Crippen molar-refractivity contribution in [2.24, 2.45) is 23.7 Å². The van der Waals surface area contributed by atoms with Crippen LogP contribution in [0, 0.1) is 23.7 Å². The van der Waals surface area contributed by atoms with Gasteiger partial charge in [0.15, 0.2) is 6.61 Å². The van der Waals surface area contributed by atoms with E-state index in [1.54, 1.807) is 12.1 Å². The highest BCUT2D eigenvalue weighted by molar-refractivity contribution is 6.35. The van der Waals surface area contributed by atoms with Crippen LogP contribution in [0.5, 0.6) is 0 Å². The summed E-state index contributed by atoms with van der Waals surface area (Å²) >= 11 is 11.8. The number of rotatable bonds is 4. The normalized spacial score (nSPS) is 31.8. The minimum atomic E-state index is -0.521. The molecular formula is C17H15Cl2NO5. The van der Waals surface area contributed by atoms with Gasteiger partial charge in [-0.15, -0.1) is 0 Å². The van der Waals surface area contributed by atoms with E-state index in [9.17, 15) is 14.4 Å². The number of hydrogen-bond acceptors (Lipinski definition) is 5. The minimum Gasteiger partial charge on any atom is -0.462 e. The maximum atomic E-state index is 12.4. The van der Waals surface area contributed by atoms with Crippen LogP contribution >= 0.6 is 23.2 Å². The van der Waals surface area contributed by atoms with Crippen LogP contribution in [0.3, 0.4) is 0 Å². The molecule has 8 heteroatoms. The minimum absolute atomic E-state index is 0.0418. The first kappa shape index (κ1) is 16.7. The molecule has 6 nitrogen and oxygen atoms in total. The molecule has 2 bridgehead atoms. The summed E-state index contributed by atoms with van der Waals surface area (Å²) in [5.74, 6) is -2.04. The largest absolute Gasteiger partial charge is 0.462 e. The second-order valence-corrected chi connectivity index (χ2v) is 7.55. The molecule has 3 fully saturated rings. The maximum absolute atomic E-state index is 12.4. The van der Waals surface area contributed by atoms with Gasteiger partial charge in [-0.05, 0) is 37.0 Å². The maximum Gasteiger partial charge on any atom is 0.310 e. The lowest BCUT2D eigenvalue weighted by Crippen LogP contribution is -2.35. The molecule has 2 saturated carbocycles. The van der Waals surface area contributed by atoms with Gasteiger partial charge in [-0.2, -0.15) is 0 Å². The number of carbonyl (C=O) groups is 3. The Bertz CT molecular complexity index is 765. The summed E-state index contributed by atoms with van der Waals surface area (Å²) in [6.07, 6.45) is 1.47. The molecule has 2 aliphatic carbocycles. The van der Waals surface area contributed by atoms with E-state index >= 15 is 0 Å². The van der Waals surface area contributed by atoms with Gasteiger partial charge in [-0.25, -0.2) is 0 Å². The predicted octanol–water partition coefficient (Wildman–Crippen LogP) is 2.67. The van der Waals surface area contributed by atoms with Gasteiger partial charge in [0.25, 0.3) is 5.91 Å². The second kappa shape index (κ2) is 6.18. The van der Waals surface area contributed by atoms with Crippen LogP contribution in [0.25, 0.3) is 0 Å². The van der Waals surface area contributed by atoms with Gasteiger partial charge in [-0.3, -0.25) is 14.4 Å². The van der Waals surface area contributed by atoms with E-state index in [-0.39, 0.29) is 23.9 Å². The van der Waals surface area contributed by atoms with Crippen molar-refractivity contribution < 1.29 is 23.9 Å². The lowest BCUT2D eigenvalue weighted by Gasteiger charge is -2.22. The number of benzene rings is 1. The Kier molecular flexibility index (Phi) is 4.12. The summed E-state index contributed by atoms with van der Waals surface area (Å²) in [6, 6.07) is 4.67. The fourth-order valence-electron chi connectivity index (χ4n) is 4.34. The smallest absolute Gasteiger partial charge is 0.310 e. The van der Waals surface area contributed by atoms with Gasteiger partial charge in [0.2, 0.25) is 0 Å². The molecule has 0 aromatic heterocycles. The molecule has 1 saturated heterocycles. The molecule has 1 amide bonds. The molecular weight excluding hydrogens is 369 g/mol. The Balaban J connectivity index is 1.35. The molecule has 1 aromatic rings. The van der Waals surface area contributed by atoms with Crippen molar-refractivity contribution in [2.75, 3.05) is 11.9 Å². The van der Waals surface area contributed by atoms with Gasteiger partial charge in [-0.1, -0.05) is 23.2 Å². The Morgan fingerprint density at radius 3 is 2.88 bits per heavy atom. The molecule has 5 atom stereocenters. The lowest BCUT2D eigenvalue weighted by atomic mass is 9.80. The van der Waals surface area contributed by atoms with E-state index in [1.807, 2.05) is 0 Å². The van der Waals surface area contributed by atoms with Gasteiger partial charge in [0.05, 0.1) is 22.5 Å². The molecule has 1 aromatic carbocycles. The number of hydrogen-bond donors (Lipinski definition) is 1. The fraction of sp³-hybridized carbons (Fsp3) is 0.471. The third kappa shape index (κ3) is 2.87. The van der Waals surface area contributed by atoms with Gasteiger partial charge < -0.3 is 14.8 Å². The van der Waals surface area contributed by atoms with E-state index in [1.165, 1.54) is 6.07 Å². The van der Waals surface area contributed by atoms with Crippen LogP contribution in [0.2, 0.25) is 10.0 Å². The number of amides is 1. The summed E-state index contributed by atoms with van der Waals surface area (Å²) in [4.78, 5) is 36.3. The quantitative estimate of drug-likeness (QED) is 0.808. The van der Waals surface area contributed by atoms with Gasteiger partial charge >= 0.3 is 11.9 Å². The van der Waals surface area contributed by atoms with E-state index in [0.29, 0.717) is 22.2 Å². The molecule has 0 radical (unpaired) electrons. The zero-order valence-corrected chi connectivity index (χ0v) is 14.5. The van der Waals surface area contributed by atoms with Gasteiger partial charge in [0, 0.05) is 10.9 Å². The highest BCUT2D eigenvalue weighted by atomic mass is 35.5. The average molecular weight is 384 g/mol. The Labute approximate surface area is 153 Å². The summed E-state index contributed by atoms with van der Waals surface area (Å²) in [5.41, 5.74) is 0.345. The van der Waals surface area contributed by atoms with Crippen molar-refractivity contribution >= 4 is 46.7 Å². The van der Waals surface area contributed by atoms with Gasteiger partial charge in [0.1, 0.15) is 6.10 Å². The third-order valence-electron chi connectivity index (χ3n) is 5.30. The van der Waals surface area contributed by atoms with Crippen molar-refractivity contribution in [1.29, 1.82) is 0 Å². The summed E-state index contributed by atoms with van der Waals surface area (Å²) < 4.78 is 10.4. The molecule has 3 aliphatic rings. The van der Waals surface area contributed by atoms with Crippen LogP contribution < -0.4 is 5.32 Å². The molecule has 25 heavy (non-hydrogen) atoms. The van der Waals surface area contributed by atoms with Crippen LogP contribution in [0.1, 0.15) is 12.8 Å². The number of esters is 2. The molecule has 1 heterocycles. The fourth-order valence-corrected chi connectivity index (χ4v) is 4.67. The summed E-state index contributed by atoms with van der Waals surface area (Å²) in [7, 11) is 0. The van der Waals surface area contributed by atoms with E-state index in [0.717, 1.165) is 6.42 Å². The first-order valence-corrected chi connectivity index (χ1v) is 8.81. The van der Waals surface area contributed by atoms with Crippen molar-refractivity contribution in [2.45, 2.75) is 18.9 Å². The summed E-state index contributed by atoms with van der Waals surface area (Å²) in [6.45, 7) is -0.444. The van der Waals surface area contributed by atoms with Crippen molar-refractivity contribution in [3.63, 3.8) is 0 Å². The molecule has 1 N–H and O–H groups in total. The second-order valence-electron chi connectivity index (χ2n) is 6.70. The Morgan fingerprint density at radius 2 is 2.08 bits per heavy atom. The number of ether oxygens (including phenoxy) is 2. The average Bonchev–Trinajstić information content (AvgIpc) is 3.18. The summed E-state index contributed by atoms with van der Waals surface area (Å²) in [5, 5.41) is 3.30. The molecule has 0 unspecified atom stereocenters. The highest BCUT2D eigenvalue weighted by Gasteiger charge is 2.64. The molecule has 1 aliphatic heterocycles. The number of nitrogens with one attached hydrogen (secondary N) is 1. The SMILES string of the molecule is O=C(COC(=O)[C@H]1[C@H]2C[C@@H]3[C@@H]1C(=O)O[C@@H]3C2)Nc1cc(Cl)ccc1Cl. The van der Waals surface area contributed by atoms with Crippen LogP contribution in [-0.4, -0.2) is 30.6 Å². The topological polar surface area (TPSA) is 81.7 Å². The number of anilines is 1. The highest BCUT2D eigenvalue weighted by Crippen LogP contribution is 2.57. The van der Waals surface area contributed by atoms with E-state index in [4.69, 9.17) is 32.7 Å². The monoisotopic (exact) mass is 383 g/mol. The molecule has 4 rings (SSSR count). The zero-order valence-electron chi connectivity index (χ0n) is 13.0. The first-order chi connectivity index (χ1) is 11.9. The van der Waals surface area contributed by atoms with Crippen LogP contribution in [-0.2, 0) is 23.9 Å².